The summed E-state index contributed by atoms with van der Waals surface area (Å²) in [5, 5.41) is 10.6. The molecule has 0 aliphatic rings. The van der Waals surface area contributed by atoms with Crippen molar-refractivity contribution >= 4 is 17.3 Å². The predicted molar refractivity (Wildman–Crippen MR) is 74.0 cm³/mol. The SMILES string of the molecule is CCNc1ncnc(Nc2cn(C)nc2C)c1OC. The quantitative estimate of drug-likeness (QED) is 0.854. The molecule has 0 amide bonds. The van der Waals surface area contributed by atoms with Crippen molar-refractivity contribution < 1.29 is 4.74 Å². The molecular formula is C12H18N6O. The topological polar surface area (TPSA) is 76.9 Å². The van der Waals surface area contributed by atoms with Crippen molar-refractivity contribution in [1.29, 1.82) is 0 Å². The van der Waals surface area contributed by atoms with Gasteiger partial charge in [0.05, 0.1) is 18.5 Å². The molecule has 2 heterocycles. The van der Waals surface area contributed by atoms with E-state index in [0.29, 0.717) is 17.4 Å². The Morgan fingerprint density at radius 2 is 2.05 bits per heavy atom. The number of nitrogens with one attached hydrogen (secondary N) is 2. The van der Waals surface area contributed by atoms with Gasteiger partial charge < -0.3 is 15.4 Å². The van der Waals surface area contributed by atoms with Crippen molar-refractivity contribution in [3.63, 3.8) is 0 Å². The van der Waals surface area contributed by atoms with Gasteiger partial charge in [0.25, 0.3) is 0 Å². The number of anilines is 3. The normalized spacial score (nSPS) is 10.3. The van der Waals surface area contributed by atoms with Crippen molar-refractivity contribution in [2.45, 2.75) is 13.8 Å². The van der Waals surface area contributed by atoms with Crippen molar-refractivity contribution in [2.24, 2.45) is 7.05 Å². The first kappa shape index (κ1) is 13.1. The van der Waals surface area contributed by atoms with Crippen molar-refractivity contribution in [1.82, 2.24) is 19.7 Å². The monoisotopic (exact) mass is 262 g/mol. The lowest BCUT2D eigenvalue weighted by molar-refractivity contribution is 0.415. The number of hydrogen-bond acceptors (Lipinski definition) is 6. The largest absolute Gasteiger partial charge is 0.490 e. The molecule has 19 heavy (non-hydrogen) atoms. The third-order valence-electron chi connectivity index (χ3n) is 2.62. The van der Waals surface area contributed by atoms with Gasteiger partial charge in [-0.05, 0) is 13.8 Å². The number of ether oxygens (including phenoxy) is 1. The van der Waals surface area contributed by atoms with Gasteiger partial charge in [0.15, 0.2) is 11.6 Å². The third kappa shape index (κ3) is 2.75. The van der Waals surface area contributed by atoms with Gasteiger partial charge in [0.1, 0.15) is 6.33 Å². The molecule has 0 fully saturated rings. The van der Waals surface area contributed by atoms with Crippen LogP contribution in [0.2, 0.25) is 0 Å². The van der Waals surface area contributed by atoms with Crippen LogP contribution in [0.25, 0.3) is 0 Å². The van der Waals surface area contributed by atoms with Gasteiger partial charge in [0, 0.05) is 19.8 Å². The van der Waals surface area contributed by atoms with E-state index in [1.807, 2.05) is 27.1 Å². The maximum absolute atomic E-state index is 5.37. The second-order valence-corrected chi connectivity index (χ2v) is 4.06. The predicted octanol–water partition coefficient (Wildman–Crippen LogP) is 1.70. The third-order valence-corrected chi connectivity index (χ3v) is 2.62. The van der Waals surface area contributed by atoms with E-state index in [-0.39, 0.29) is 0 Å². The van der Waals surface area contributed by atoms with Crippen LogP contribution in [0.3, 0.4) is 0 Å². The lowest BCUT2D eigenvalue weighted by atomic mass is 10.3. The second-order valence-electron chi connectivity index (χ2n) is 4.06. The van der Waals surface area contributed by atoms with Crippen molar-refractivity contribution in [3.05, 3.63) is 18.2 Å². The summed E-state index contributed by atoms with van der Waals surface area (Å²) in [6, 6.07) is 0. The summed E-state index contributed by atoms with van der Waals surface area (Å²) in [5.41, 5.74) is 1.79. The van der Waals surface area contributed by atoms with Crippen LogP contribution in [0, 0.1) is 6.92 Å². The van der Waals surface area contributed by atoms with Gasteiger partial charge in [-0.3, -0.25) is 4.68 Å². The Balaban J connectivity index is 2.34. The van der Waals surface area contributed by atoms with E-state index in [0.717, 1.165) is 17.9 Å². The first-order valence-electron chi connectivity index (χ1n) is 6.05. The standard InChI is InChI=1S/C12H18N6O/c1-5-13-11-10(19-4)12(15-7-14-11)16-9-6-18(3)17-8(9)2/h6-7H,5H2,1-4H3,(H2,13,14,15,16). The Kier molecular flexibility index (Phi) is 3.84. The van der Waals surface area contributed by atoms with Crippen molar-refractivity contribution in [3.8, 4) is 5.75 Å². The summed E-state index contributed by atoms with van der Waals surface area (Å²) >= 11 is 0. The summed E-state index contributed by atoms with van der Waals surface area (Å²) < 4.78 is 7.12. The van der Waals surface area contributed by atoms with Gasteiger partial charge in [-0.15, -0.1) is 0 Å². The molecule has 0 saturated carbocycles. The minimum atomic E-state index is 0.590. The molecule has 0 saturated heterocycles. The average Bonchev–Trinajstić information content (AvgIpc) is 2.69. The van der Waals surface area contributed by atoms with Gasteiger partial charge in [-0.2, -0.15) is 5.10 Å². The highest BCUT2D eigenvalue weighted by Gasteiger charge is 2.13. The lowest BCUT2D eigenvalue weighted by Crippen LogP contribution is -2.06. The molecule has 2 aromatic heterocycles. The van der Waals surface area contributed by atoms with E-state index in [9.17, 15) is 0 Å². The number of nitrogens with zero attached hydrogens (tertiary/aromatic N) is 4. The lowest BCUT2D eigenvalue weighted by Gasteiger charge is -2.12. The van der Waals surface area contributed by atoms with Crippen molar-refractivity contribution in [2.75, 3.05) is 24.3 Å². The van der Waals surface area contributed by atoms with E-state index >= 15 is 0 Å². The number of aryl methyl sites for hydroxylation is 2. The first-order chi connectivity index (χ1) is 9.15. The van der Waals surface area contributed by atoms with Crippen LogP contribution in [0.1, 0.15) is 12.6 Å². The first-order valence-corrected chi connectivity index (χ1v) is 6.05. The minimum absolute atomic E-state index is 0.590. The van der Waals surface area contributed by atoms with Crippen LogP contribution in [0.4, 0.5) is 17.3 Å². The summed E-state index contributed by atoms with van der Waals surface area (Å²) in [6.07, 6.45) is 3.39. The van der Waals surface area contributed by atoms with E-state index < -0.39 is 0 Å². The Morgan fingerprint density at radius 1 is 1.32 bits per heavy atom. The fourth-order valence-electron chi connectivity index (χ4n) is 1.80. The van der Waals surface area contributed by atoms with Gasteiger partial charge in [-0.1, -0.05) is 0 Å². The molecular weight excluding hydrogens is 244 g/mol. The fourth-order valence-corrected chi connectivity index (χ4v) is 1.80. The molecule has 0 radical (unpaired) electrons. The molecule has 0 aromatic carbocycles. The highest BCUT2D eigenvalue weighted by atomic mass is 16.5. The Bertz CT molecular complexity index is 565. The molecule has 7 heteroatoms. The van der Waals surface area contributed by atoms with E-state index in [1.54, 1.807) is 11.8 Å². The molecule has 102 valence electrons. The van der Waals surface area contributed by atoms with Crippen LogP contribution in [-0.4, -0.2) is 33.4 Å². The zero-order valence-corrected chi connectivity index (χ0v) is 11.6. The van der Waals surface area contributed by atoms with Gasteiger partial charge >= 0.3 is 0 Å². The summed E-state index contributed by atoms with van der Waals surface area (Å²) in [6.45, 7) is 4.69. The number of methoxy groups -OCH3 is 1. The molecule has 7 nitrogen and oxygen atoms in total. The van der Waals surface area contributed by atoms with Gasteiger partial charge in [-0.25, -0.2) is 9.97 Å². The molecule has 0 aliphatic heterocycles. The number of hydrogen-bond donors (Lipinski definition) is 2. The molecule has 0 atom stereocenters. The maximum Gasteiger partial charge on any atom is 0.204 e. The molecule has 2 aromatic rings. The molecule has 2 rings (SSSR count). The van der Waals surface area contributed by atoms with Crippen LogP contribution < -0.4 is 15.4 Å². The summed E-state index contributed by atoms with van der Waals surface area (Å²) in [4.78, 5) is 8.37. The minimum Gasteiger partial charge on any atom is -0.490 e. The highest BCUT2D eigenvalue weighted by Crippen LogP contribution is 2.31. The Morgan fingerprint density at radius 3 is 2.63 bits per heavy atom. The zero-order valence-electron chi connectivity index (χ0n) is 11.6. The Labute approximate surface area is 112 Å². The molecule has 0 unspecified atom stereocenters. The maximum atomic E-state index is 5.37. The smallest absolute Gasteiger partial charge is 0.204 e. The van der Waals surface area contributed by atoms with Crippen LogP contribution in [0.5, 0.6) is 5.75 Å². The second kappa shape index (κ2) is 5.55. The fraction of sp³-hybridized carbons (Fsp3) is 0.417. The molecule has 0 spiro atoms. The van der Waals surface area contributed by atoms with Crippen LogP contribution >= 0.6 is 0 Å². The average molecular weight is 262 g/mol. The summed E-state index contributed by atoms with van der Waals surface area (Å²) in [7, 11) is 3.47. The number of rotatable bonds is 5. The van der Waals surface area contributed by atoms with Crippen LogP contribution in [-0.2, 0) is 7.05 Å². The Hall–Kier alpha value is -2.31. The van der Waals surface area contributed by atoms with Crippen LogP contribution in [0.15, 0.2) is 12.5 Å². The van der Waals surface area contributed by atoms with E-state index in [1.165, 1.54) is 6.33 Å². The molecule has 2 N–H and O–H groups in total. The molecule has 0 aliphatic carbocycles. The molecule has 0 bridgehead atoms. The summed E-state index contributed by atoms with van der Waals surface area (Å²) in [5.74, 6) is 1.88. The van der Waals surface area contributed by atoms with E-state index in [2.05, 4.69) is 25.7 Å². The highest BCUT2D eigenvalue weighted by molar-refractivity contribution is 5.69. The van der Waals surface area contributed by atoms with Gasteiger partial charge in [0.2, 0.25) is 5.75 Å². The zero-order chi connectivity index (χ0) is 13.8. The number of aromatic nitrogens is 4. The van der Waals surface area contributed by atoms with E-state index in [4.69, 9.17) is 4.74 Å².